The van der Waals surface area contributed by atoms with Crippen LogP contribution in [0.5, 0.6) is 11.5 Å². The van der Waals surface area contributed by atoms with Crippen LogP contribution in [0.2, 0.25) is 0 Å². The third-order valence-corrected chi connectivity index (χ3v) is 6.06. The second kappa shape index (κ2) is 7.32. The maximum Gasteiger partial charge on any atom is 0.253 e. The van der Waals surface area contributed by atoms with E-state index in [-0.39, 0.29) is 11.3 Å². The Labute approximate surface area is 165 Å². The molecule has 1 amide bonds. The lowest BCUT2D eigenvalue weighted by Gasteiger charge is -2.39. The molecule has 0 bridgehead atoms. The number of nitrogens with zero attached hydrogens (tertiary/aromatic N) is 1. The first-order valence-electron chi connectivity index (χ1n) is 9.65. The number of ether oxygens (including phenoxy) is 2. The fourth-order valence-electron chi connectivity index (χ4n) is 4.20. The largest absolute Gasteiger partial charge is 0.497 e. The van der Waals surface area contributed by atoms with E-state index < -0.39 is 0 Å². The molecule has 1 fully saturated rings. The van der Waals surface area contributed by atoms with Crippen LogP contribution in [0.15, 0.2) is 49.0 Å². The molecule has 2 heterocycles. The van der Waals surface area contributed by atoms with E-state index in [0.717, 1.165) is 35.5 Å². The molecule has 5 heteroatoms. The first-order valence-corrected chi connectivity index (χ1v) is 9.65. The average Bonchev–Trinajstić information content (AvgIpc) is 3.10. The molecule has 0 saturated carbocycles. The van der Waals surface area contributed by atoms with Crippen LogP contribution in [-0.4, -0.2) is 37.6 Å². The zero-order valence-corrected chi connectivity index (χ0v) is 16.2. The molecular weight excluding hydrogens is 352 g/mol. The molecule has 0 atom stereocenters. The molecule has 2 aromatic rings. The zero-order valence-electron chi connectivity index (χ0n) is 16.2. The van der Waals surface area contributed by atoms with Crippen molar-refractivity contribution in [3.05, 3.63) is 65.7 Å². The summed E-state index contributed by atoms with van der Waals surface area (Å²) in [5, 5.41) is 0. The summed E-state index contributed by atoms with van der Waals surface area (Å²) in [6, 6.07) is 13.7. The van der Waals surface area contributed by atoms with Gasteiger partial charge in [0, 0.05) is 36.2 Å². The molecule has 2 N–H and O–H groups in total. The number of rotatable bonds is 4. The van der Waals surface area contributed by atoms with Crippen molar-refractivity contribution in [2.75, 3.05) is 26.8 Å². The Kier molecular flexibility index (Phi) is 4.85. The number of methoxy groups -OCH3 is 1. The van der Waals surface area contributed by atoms with Gasteiger partial charge >= 0.3 is 0 Å². The fraction of sp³-hybridized carbons (Fsp3) is 0.348. The molecule has 0 radical (unpaired) electrons. The van der Waals surface area contributed by atoms with Gasteiger partial charge in [0.05, 0.1) is 13.7 Å². The van der Waals surface area contributed by atoms with Gasteiger partial charge in [0.1, 0.15) is 11.5 Å². The summed E-state index contributed by atoms with van der Waals surface area (Å²) < 4.78 is 11.1. The van der Waals surface area contributed by atoms with E-state index in [4.69, 9.17) is 15.2 Å². The summed E-state index contributed by atoms with van der Waals surface area (Å²) in [6.45, 7) is 6.63. The van der Waals surface area contributed by atoms with Crippen LogP contribution in [-0.2, 0) is 16.8 Å². The molecule has 4 rings (SSSR count). The molecule has 2 aliphatic rings. The molecule has 0 aromatic heterocycles. The van der Waals surface area contributed by atoms with Crippen molar-refractivity contribution >= 4 is 11.5 Å². The average molecular weight is 378 g/mol. The topological polar surface area (TPSA) is 64.8 Å². The van der Waals surface area contributed by atoms with Crippen molar-refractivity contribution in [1.82, 2.24) is 4.90 Å². The predicted octanol–water partition coefficient (Wildman–Crippen LogP) is 3.12. The van der Waals surface area contributed by atoms with E-state index >= 15 is 0 Å². The first kappa shape index (κ1) is 18.6. The molecule has 2 aliphatic heterocycles. The molecular formula is C23H26N2O3. The second-order valence-corrected chi connectivity index (χ2v) is 7.60. The van der Waals surface area contributed by atoms with Crippen molar-refractivity contribution in [2.24, 2.45) is 5.73 Å². The summed E-state index contributed by atoms with van der Waals surface area (Å²) in [7, 11) is 1.62. The SMILES string of the molecule is C=C(C(=O)N1CCC2(CC1)COc1ccc(CN)cc12)c1ccc(OC)cc1. The van der Waals surface area contributed by atoms with E-state index in [1.807, 2.05) is 41.3 Å². The van der Waals surface area contributed by atoms with Crippen molar-refractivity contribution in [3.8, 4) is 11.5 Å². The summed E-state index contributed by atoms with van der Waals surface area (Å²) >= 11 is 0. The lowest BCUT2D eigenvalue weighted by atomic mass is 9.74. The first-order chi connectivity index (χ1) is 13.6. The molecule has 2 aromatic carbocycles. The van der Waals surface area contributed by atoms with Crippen LogP contribution < -0.4 is 15.2 Å². The number of fused-ring (bicyclic) bond motifs is 2. The van der Waals surface area contributed by atoms with Gasteiger partial charge in [-0.2, -0.15) is 0 Å². The van der Waals surface area contributed by atoms with Crippen LogP contribution in [0.1, 0.15) is 29.5 Å². The molecule has 1 saturated heterocycles. The molecule has 28 heavy (non-hydrogen) atoms. The highest BCUT2D eigenvalue weighted by Crippen LogP contribution is 2.46. The third-order valence-electron chi connectivity index (χ3n) is 6.06. The Morgan fingerprint density at radius 3 is 2.57 bits per heavy atom. The number of nitrogens with two attached hydrogens (primary N) is 1. The minimum atomic E-state index is -0.0151. The maximum atomic E-state index is 12.9. The Balaban J connectivity index is 1.46. The lowest BCUT2D eigenvalue weighted by molar-refractivity contribution is -0.126. The van der Waals surface area contributed by atoms with Gasteiger partial charge in [-0.1, -0.05) is 30.8 Å². The minimum absolute atomic E-state index is 0.00476. The third kappa shape index (κ3) is 3.16. The fourth-order valence-corrected chi connectivity index (χ4v) is 4.20. The summed E-state index contributed by atoms with van der Waals surface area (Å²) in [5.74, 6) is 1.72. The van der Waals surface area contributed by atoms with Gasteiger partial charge in [0.25, 0.3) is 5.91 Å². The van der Waals surface area contributed by atoms with Crippen molar-refractivity contribution < 1.29 is 14.3 Å². The Bertz CT molecular complexity index is 897. The number of likely N-dealkylation sites (tertiary alicyclic amines) is 1. The van der Waals surface area contributed by atoms with Gasteiger partial charge in [-0.15, -0.1) is 0 Å². The van der Waals surface area contributed by atoms with Crippen LogP contribution in [0.4, 0.5) is 0 Å². The van der Waals surface area contributed by atoms with E-state index in [0.29, 0.717) is 31.8 Å². The zero-order chi connectivity index (χ0) is 19.7. The highest BCUT2D eigenvalue weighted by molar-refractivity contribution is 6.18. The number of benzene rings is 2. The highest BCUT2D eigenvalue weighted by Gasteiger charge is 2.44. The quantitative estimate of drug-likeness (QED) is 0.831. The Morgan fingerprint density at radius 2 is 1.93 bits per heavy atom. The summed E-state index contributed by atoms with van der Waals surface area (Å²) in [6.07, 6.45) is 1.77. The van der Waals surface area contributed by atoms with Crippen LogP contribution >= 0.6 is 0 Å². The Morgan fingerprint density at radius 1 is 1.21 bits per heavy atom. The normalized spacial score (nSPS) is 17.1. The maximum absolute atomic E-state index is 12.9. The highest BCUT2D eigenvalue weighted by atomic mass is 16.5. The van der Waals surface area contributed by atoms with Crippen molar-refractivity contribution in [3.63, 3.8) is 0 Å². The molecule has 0 aliphatic carbocycles. The second-order valence-electron chi connectivity index (χ2n) is 7.60. The van der Waals surface area contributed by atoms with Crippen molar-refractivity contribution in [2.45, 2.75) is 24.8 Å². The molecule has 0 unspecified atom stereocenters. The lowest BCUT2D eigenvalue weighted by Crippen LogP contribution is -2.46. The van der Waals surface area contributed by atoms with Crippen molar-refractivity contribution in [1.29, 1.82) is 0 Å². The smallest absolute Gasteiger partial charge is 0.253 e. The van der Waals surface area contributed by atoms with Gasteiger partial charge in [0.2, 0.25) is 0 Å². The van der Waals surface area contributed by atoms with E-state index in [1.165, 1.54) is 5.56 Å². The van der Waals surface area contributed by atoms with Gasteiger partial charge < -0.3 is 20.1 Å². The number of hydrogen-bond donors (Lipinski definition) is 1. The Hall–Kier alpha value is -2.79. The van der Waals surface area contributed by atoms with Crippen LogP contribution in [0, 0.1) is 0 Å². The van der Waals surface area contributed by atoms with Gasteiger partial charge in [0.15, 0.2) is 0 Å². The monoisotopic (exact) mass is 378 g/mol. The number of piperidine rings is 1. The van der Waals surface area contributed by atoms with E-state index in [2.05, 4.69) is 12.6 Å². The van der Waals surface area contributed by atoms with E-state index in [1.54, 1.807) is 7.11 Å². The molecule has 1 spiro atoms. The predicted molar refractivity (Wildman–Crippen MR) is 109 cm³/mol. The number of hydrogen-bond acceptors (Lipinski definition) is 4. The number of amides is 1. The number of carbonyl (C=O) groups excluding carboxylic acids is 1. The number of carbonyl (C=O) groups is 1. The van der Waals surface area contributed by atoms with Crippen LogP contribution in [0.3, 0.4) is 0 Å². The van der Waals surface area contributed by atoms with E-state index in [9.17, 15) is 4.79 Å². The summed E-state index contributed by atoms with van der Waals surface area (Å²) in [5.41, 5.74) is 9.52. The van der Waals surface area contributed by atoms with Gasteiger partial charge in [-0.3, -0.25) is 4.79 Å². The standard InChI is InChI=1S/C23H26N2O3/c1-16(18-4-6-19(27-2)7-5-18)22(26)25-11-9-23(10-12-25)15-28-21-8-3-17(14-24)13-20(21)23/h3-8,13H,1,9-12,14-15,24H2,2H3. The van der Waals surface area contributed by atoms with Gasteiger partial charge in [-0.05, 0) is 42.2 Å². The van der Waals surface area contributed by atoms with Crippen LogP contribution in [0.25, 0.3) is 5.57 Å². The molecule has 146 valence electrons. The minimum Gasteiger partial charge on any atom is -0.497 e. The summed E-state index contributed by atoms with van der Waals surface area (Å²) in [4.78, 5) is 14.9. The molecule has 5 nitrogen and oxygen atoms in total. The van der Waals surface area contributed by atoms with Gasteiger partial charge in [-0.25, -0.2) is 0 Å².